The lowest BCUT2D eigenvalue weighted by atomic mass is 10.1. The van der Waals surface area contributed by atoms with E-state index in [1.165, 1.54) is 24.1 Å². The maximum absolute atomic E-state index is 13.1. The zero-order valence-electron chi connectivity index (χ0n) is 19.6. The van der Waals surface area contributed by atoms with Crippen LogP contribution >= 0.6 is 0 Å². The zero-order chi connectivity index (χ0) is 26.0. The lowest BCUT2D eigenvalue weighted by Gasteiger charge is -2.17. The average molecular weight is 503 g/mol. The molecular weight excluding hydrogens is 479 g/mol. The summed E-state index contributed by atoms with van der Waals surface area (Å²) in [5, 5.41) is 6.86. The van der Waals surface area contributed by atoms with Gasteiger partial charge in [-0.25, -0.2) is 9.48 Å². The Morgan fingerprint density at radius 3 is 2.56 bits per heavy atom. The molecule has 2 heterocycles. The van der Waals surface area contributed by atoms with Crippen LogP contribution in [-0.4, -0.2) is 46.4 Å². The number of benzene rings is 2. The fraction of sp³-hybridized carbons (Fsp3) is 0.333. The van der Waals surface area contributed by atoms with Gasteiger partial charge in [-0.1, -0.05) is 12.1 Å². The fourth-order valence-corrected chi connectivity index (χ4v) is 4.04. The molecule has 36 heavy (non-hydrogen) atoms. The number of hydrogen-bond donors (Lipinski definition) is 1. The van der Waals surface area contributed by atoms with Crippen molar-refractivity contribution in [3.63, 3.8) is 0 Å². The van der Waals surface area contributed by atoms with Gasteiger partial charge in [0.15, 0.2) is 5.82 Å². The van der Waals surface area contributed by atoms with Crippen molar-refractivity contribution < 1.29 is 27.5 Å². The summed E-state index contributed by atoms with van der Waals surface area (Å²) in [5.41, 5.74) is -0.559. The number of nitrogens with one attached hydrogen (secondary N) is 1. The second-order valence-electron chi connectivity index (χ2n) is 8.36. The number of rotatable bonds is 7. The lowest BCUT2D eigenvalue weighted by molar-refractivity contribution is -0.137. The molecule has 1 aliphatic rings. The maximum Gasteiger partial charge on any atom is 0.416 e. The molecule has 0 bridgehead atoms. The van der Waals surface area contributed by atoms with Gasteiger partial charge in [0.1, 0.15) is 5.75 Å². The summed E-state index contributed by atoms with van der Waals surface area (Å²) < 4.78 is 46.5. The van der Waals surface area contributed by atoms with Crippen molar-refractivity contribution in [2.75, 3.05) is 25.1 Å². The normalized spacial score (nSPS) is 15.9. The highest BCUT2D eigenvalue weighted by Crippen LogP contribution is 2.31. The van der Waals surface area contributed by atoms with E-state index in [1.807, 2.05) is 0 Å². The Morgan fingerprint density at radius 2 is 1.89 bits per heavy atom. The van der Waals surface area contributed by atoms with Gasteiger partial charge in [0.05, 0.1) is 25.1 Å². The van der Waals surface area contributed by atoms with Crippen LogP contribution in [0, 0.1) is 5.92 Å². The minimum Gasteiger partial charge on any atom is -0.497 e. The quantitative estimate of drug-likeness (QED) is 0.534. The van der Waals surface area contributed by atoms with Crippen LogP contribution in [0.25, 0.3) is 11.4 Å². The summed E-state index contributed by atoms with van der Waals surface area (Å²) in [6, 6.07) is 11.5. The summed E-state index contributed by atoms with van der Waals surface area (Å²) in [6.45, 7) is 0.297. The average Bonchev–Trinajstić information content (AvgIpc) is 3.38. The first-order valence-corrected chi connectivity index (χ1v) is 11.1. The summed E-state index contributed by atoms with van der Waals surface area (Å²) in [5.74, 6) is -0.330. The third-order valence-corrected chi connectivity index (χ3v) is 5.99. The Balaban J connectivity index is 1.38. The van der Waals surface area contributed by atoms with Crippen LogP contribution in [0.5, 0.6) is 5.75 Å². The first-order valence-electron chi connectivity index (χ1n) is 11.1. The van der Waals surface area contributed by atoms with E-state index in [-0.39, 0.29) is 49.3 Å². The van der Waals surface area contributed by atoms with Gasteiger partial charge in [0.25, 0.3) is 0 Å². The van der Waals surface area contributed by atoms with Crippen molar-refractivity contribution in [3.8, 4) is 17.1 Å². The summed E-state index contributed by atoms with van der Waals surface area (Å²) in [6.07, 6.45) is -4.46. The molecule has 0 aliphatic carbocycles. The number of anilines is 1. The molecule has 12 heteroatoms. The lowest BCUT2D eigenvalue weighted by Crippen LogP contribution is -2.36. The minimum absolute atomic E-state index is 0.0141. The van der Waals surface area contributed by atoms with Gasteiger partial charge in [0.2, 0.25) is 11.8 Å². The highest BCUT2D eigenvalue weighted by atomic mass is 19.4. The van der Waals surface area contributed by atoms with Gasteiger partial charge in [-0.05, 0) is 36.4 Å². The van der Waals surface area contributed by atoms with Crippen molar-refractivity contribution in [2.24, 2.45) is 13.0 Å². The molecule has 0 radical (unpaired) electrons. The van der Waals surface area contributed by atoms with Gasteiger partial charge in [0, 0.05) is 37.8 Å². The van der Waals surface area contributed by atoms with E-state index < -0.39 is 23.3 Å². The van der Waals surface area contributed by atoms with Crippen LogP contribution in [0.2, 0.25) is 0 Å². The van der Waals surface area contributed by atoms with Crippen LogP contribution < -0.4 is 20.6 Å². The molecule has 1 unspecified atom stereocenters. The number of nitrogens with zero attached hydrogens (tertiary/aromatic N) is 4. The van der Waals surface area contributed by atoms with Crippen LogP contribution in [0.15, 0.2) is 53.3 Å². The Morgan fingerprint density at radius 1 is 1.17 bits per heavy atom. The first-order chi connectivity index (χ1) is 17.1. The molecule has 0 spiro atoms. The smallest absolute Gasteiger partial charge is 0.416 e. The number of carbonyl (C=O) groups excluding carboxylic acids is 2. The van der Waals surface area contributed by atoms with Crippen molar-refractivity contribution in [1.29, 1.82) is 0 Å². The molecule has 1 aliphatic heterocycles. The molecule has 1 N–H and O–H groups in total. The van der Waals surface area contributed by atoms with Gasteiger partial charge < -0.3 is 15.0 Å². The molecule has 1 aromatic heterocycles. The summed E-state index contributed by atoms with van der Waals surface area (Å²) in [4.78, 5) is 39.1. The van der Waals surface area contributed by atoms with Gasteiger partial charge >= 0.3 is 11.9 Å². The number of amides is 2. The SMILES string of the molecule is COc1ccc(N2CC(C(=O)NCCn3nc(-c4cccc(C(F)(F)F)c4)n(C)c3=O)CC2=O)cc1. The number of halogens is 3. The Kier molecular flexibility index (Phi) is 6.86. The molecular formula is C24H24F3N5O4. The minimum atomic E-state index is -4.52. The predicted molar refractivity (Wildman–Crippen MR) is 124 cm³/mol. The molecule has 0 saturated carbocycles. The molecule has 190 valence electrons. The molecule has 9 nitrogen and oxygen atoms in total. The summed E-state index contributed by atoms with van der Waals surface area (Å²) in [7, 11) is 2.96. The third kappa shape index (κ3) is 5.11. The number of carbonyl (C=O) groups is 2. The van der Waals surface area contributed by atoms with E-state index in [2.05, 4.69) is 10.4 Å². The number of ether oxygens (including phenoxy) is 1. The largest absolute Gasteiger partial charge is 0.497 e. The highest BCUT2D eigenvalue weighted by molar-refractivity contribution is 6.00. The number of aromatic nitrogens is 3. The van der Waals surface area contributed by atoms with Gasteiger partial charge in [-0.2, -0.15) is 13.2 Å². The molecule has 1 fully saturated rings. The number of hydrogen-bond acceptors (Lipinski definition) is 5. The third-order valence-electron chi connectivity index (χ3n) is 5.99. The van der Waals surface area contributed by atoms with E-state index in [9.17, 15) is 27.6 Å². The second-order valence-corrected chi connectivity index (χ2v) is 8.36. The first kappa shape index (κ1) is 25.0. The van der Waals surface area contributed by atoms with Crippen LogP contribution in [0.3, 0.4) is 0 Å². The van der Waals surface area contributed by atoms with Crippen LogP contribution in [0.4, 0.5) is 18.9 Å². The number of methoxy groups -OCH3 is 1. The molecule has 2 aromatic carbocycles. The summed E-state index contributed by atoms with van der Waals surface area (Å²) >= 11 is 0. The van der Waals surface area contributed by atoms with Gasteiger partial charge in [-0.3, -0.25) is 14.2 Å². The standard InChI is InChI=1S/C24H24F3N5O4/c1-30-21(15-4-3-5-17(12-15)24(25,26)27)29-32(23(30)35)11-10-28-22(34)16-13-20(33)31(14-16)18-6-8-19(36-2)9-7-18/h3-9,12,16H,10-11,13-14H2,1-2H3,(H,28,34). The van der Waals surface area contributed by atoms with E-state index in [0.29, 0.717) is 11.4 Å². The second kappa shape index (κ2) is 9.88. The maximum atomic E-state index is 13.1. The van der Waals surface area contributed by atoms with Gasteiger partial charge in [-0.15, -0.1) is 5.10 Å². The van der Waals surface area contributed by atoms with E-state index in [1.54, 1.807) is 31.4 Å². The molecule has 3 aromatic rings. The number of alkyl halides is 3. The monoisotopic (exact) mass is 503 g/mol. The highest BCUT2D eigenvalue weighted by Gasteiger charge is 2.35. The molecule has 1 atom stereocenters. The molecule has 1 saturated heterocycles. The van der Waals surface area contributed by atoms with Crippen molar-refractivity contribution in [3.05, 3.63) is 64.6 Å². The van der Waals surface area contributed by atoms with Crippen LogP contribution in [0.1, 0.15) is 12.0 Å². The Bertz CT molecular complexity index is 1330. The van der Waals surface area contributed by atoms with Crippen molar-refractivity contribution in [1.82, 2.24) is 19.7 Å². The van der Waals surface area contributed by atoms with E-state index in [4.69, 9.17) is 4.74 Å². The zero-order valence-corrected chi connectivity index (χ0v) is 19.6. The Hall–Kier alpha value is -4.09. The molecule has 4 rings (SSSR count). The van der Waals surface area contributed by atoms with Crippen molar-refractivity contribution >= 4 is 17.5 Å². The molecule has 2 amide bonds. The fourth-order valence-electron chi connectivity index (χ4n) is 4.04. The topological polar surface area (TPSA) is 98.5 Å². The van der Waals surface area contributed by atoms with E-state index >= 15 is 0 Å². The van der Waals surface area contributed by atoms with Crippen molar-refractivity contribution in [2.45, 2.75) is 19.1 Å². The van der Waals surface area contributed by atoms with E-state index in [0.717, 1.165) is 21.4 Å². The predicted octanol–water partition coefficient (Wildman–Crippen LogP) is 2.45. The van der Waals surface area contributed by atoms with Crippen LogP contribution in [-0.2, 0) is 29.4 Å². The Labute approximate surface area is 204 Å².